The Morgan fingerprint density at radius 1 is 1.26 bits per heavy atom. The lowest BCUT2D eigenvalue weighted by Crippen LogP contribution is -2.17. The van der Waals surface area contributed by atoms with Crippen LogP contribution in [0.5, 0.6) is 11.5 Å². The van der Waals surface area contributed by atoms with E-state index in [1.54, 1.807) is 18.2 Å². The molecule has 0 saturated heterocycles. The van der Waals surface area contributed by atoms with Crippen molar-refractivity contribution in [2.24, 2.45) is 4.99 Å². The number of aromatic hydroxyl groups is 1. The van der Waals surface area contributed by atoms with E-state index in [0.29, 0.717) is 6.54 Å². The maximum Gasteiger partial charge on any atom is 0.416 e. The van der Waals surface area contributed by atoms with Crippen molar-refractivity contribution in [2.45, 2.75) is 32.9 Å². The molecule has 4 nitrogen and oxygen atoms in total. The molecule has 0 atom stereocenters. The standard InChI is InChI=1S/C20H20F3NO3/c1-3-4-10-24-12-14-11-16(20(21,22)23)13(2)17(18(14)25)19(26)27-15-8-6-5-7-9-15/h5-9,11-12,25H,3-4,10H2,1-2H3/b24-12+. The monoisotopic (exact) mass is 379 g/mol. The number of alkyl halides is 3. The van der Waals surface area contributed by atoms with Crippen LogP contribution in [0.1, 0.15) is 46.8 Å². The third-order valence-corrected chi connectivity index (χ3v) is 3.92. The van der Waals surface area contributed by atoms with Gasteiger partial charge in [0.15, 0.2) is 0 Å². The summed E-state index contributed by atoms with van der Waals surface area (Å²) in [5.74, 6) is -1.48. The Morgan fingerprint density at radius 3 is 2.52 bits per heavy atom. The summed E-state index contributed by atoms with van der Waals surface area (Å²) in [5, 5.41) is 10.4. The zero-order valence-electron chi connectivity index (χ0n) is 15.0. The van der Waals surface area contributed by atoms with Crippen LogP contribution in [0.3, 0.4) is 0 Å². The van der Waals surface area contributed by atoms with Crippen molar-refractivity contribution in [1.82, 2.24) is 0 Å². The molecule has 0 heterocycles. The Labute approximate surface area is 155 Å². The highest BCUT2D eigenvalue weighted by molar-refractivity contribution is 6.00. The molecule has 0 aromatic heterocycles. The van der Waals surface area contributed by atoms with Gasteiger partial charge in [-0.05, 0) is 37.1 Å². The van der Waals surface area contributed by atoms with E-state index in [4.69, 9.17) is 4.74 Å². The first-order valence-electron chi connectivity index (χ1n) is 8.46. The molecule has 144 valence electrons. The quantitative estimate of drug-likeness (QED) is 0.326. The second-order valence-corrected chi connectivity index (χ2v) is 5.95. The molecule has 1 N–H and O–H groups in total. The summed E-state index contributed by atoms with van der Waals surface area (Å²) >= 11 is 0. The van der Waals surface area contributed by atoms with E-state index in [1.807, 2.05) is 6.92 Å². The minimum Gasteiger partial charge on any atom is -0.506 e. The van der Waals surface area contributed by atoms with Gasteiger partial charge in [0, 0.05) is 18.3 Å². The smallest absolute Gasteiger partial charge is 0.416 e. The van der Waals surface area contributed by atoms with E-state index in [0.717, 1.165) is 32.0 Å². The molecule has 0 aliphatic heterocycles. The largest absolute Gasteiger partial charge is 0.506 e. The maximum absolute atomic E-state index is 13.4. The second-order valence-electron chi connectivity index (χ2n) is 5.95. The molecule has 7 heteroatoms. The third kappa shape index (κ3) is 5.09. The number of carbonyl (C=O) groups is 1. The molecule has 27 heavy (non-hydrogen) atoms. The number of unbranched alkanes of at least 4 members (excludes halogenated alkanes) is 1. The van der Waals surface area contributed by atoms with E-state index < -0.39 is 34.6 Å². The van der Waals surface area contributed by atoms with E-state index >= 15 is 0 Å². The normalized spacial score (nSPS) is 11.7. The summed E-state index contributed by atoms with van der Waals surface area (Å²) in [6, 6.07) is 8.71. The predicted octanol–water partition coefficient (Wildman–Crippen LogP) is 5.16. The van der Waals surface area contributed by atoms with E-state index in [1.165, 1.54) is 12.1 Å². The van der Waals surface area contributed by atoms with Gasteiger partial charge in [-0.3, -0.25) is 4.99 Å². The van der Waals surface area contributed by atoms with Gasteiger partial charge < -0.3 is 9.84 Å². The molecular formula is C20H20F3NO3. The van der Waals surface area contributed by atoms with Crippen molar-refractivity contribution in [2.75, 3.05) is 6.54 Å². The minimum atomic E-state index is -4.69. The first-order chi connectivity index (χ1) is 12.8. The van der Waals surface area contributed by atoms with Crippen molar-refractivity contribution >= 4 is 12.2 Å². The molecule has 0 radical (unpaired) electrons. The molecule has 0 unspecified atom stereocenters. The SMILES string of the molecule is CCCC/N=C/c1cc(C(F)(F)F)c(C)c(C(=O)Oc2ccccc2)c1O. The lowest BCUT2D eigenvalue weighted by molar-refractivity contribution is -0.138. The van der Waals surface area contributed by atoms with Crippen molar-refractivity contribution in [3.8, 4) is 11.5 Å². The summed E-state index contributed by atoms with van der Waals surface area (Å²) in [5.41, 5.74) is -2.11. The van der Waals surface area contributed by atoms with Gasteiger partial charge in [0.1, 0.15) is 17.1 Å². The predicted molar refractivity (Wildman–Crippen MR) is 96.6 cm³/mol. The molecule has 0 spiro atoms. The lowest BCUT2D eigenvalue weighted by Gasteiger charge is -2.17. The fraction of sp³-hybridized carbons (Fsp3) is 0.300. The number of phenols is 1. The first kappa shape index (κ1) is 20.5. The zero-order chi connectivity index (χ0) is 20.0. The number of rotatable bonds is 6. The molecule has 0 bridgehead atoms. The van der Waals surface area contributed by atoms with E-state index in [9.17, 15) is 23.1 Å². The number of esters is 1. The number of carbonyl (C=O) groups excluding carboxylic acids is 1. The topological polar surface area (TPSA) is 58.9 Å². The van der Waals surface area contributed by atoms with Crippen molar-refractivity contribution < 1.29 is 27.8 Å². The van der Waals surface area contributed by atoms with Crippen LogP contribution in [0.2, 0.25) is 0 Å². The lowest BCUT2D eigenvalue weighted by atomic mass is 9.97. The molecule has 2 aromatic carbocycles. The summed E-state index contributed by atoms with van der Waals surface area (Å²) in [7, 11) is 0. The van der Waals surface area contributed by atoms with Crippen LogP contribution in [0.4, 0.5) is 13.2 Å². The van der Waals surface area contributed by atoms with Crippen LogP contribution < -0.4 is 4.74 Å². The first-order valence-corrected chi connectivity index (χ1v) is 8.46. The Balaban J connectivity index is 2.50. The van der Waals surface area contributed by atoms with Gasteiger partial charge >= 0.3 is 12.1 Å². The number of halogens is 3. The van der Waals surface area contributed by atoms with Crippen LogP contribution in [-0.2, 0) is 6.18 Å². The number of nitrogens with zero attached hydrogens (tertiary/aromatic N) is 1. The molecule has 0 amide bonds. The number of phenolic OH excluding ortho intramolecular Hbond substituents is 1. The van der Waals surface area contributed by atoms with Crippen LogP contribution in [0, 0.1) is 6.92 Å². The van der Waals surface area contributed by atoms with E-state index in [-0.39, 0.29) is 11.3 Å². The summed E-state index contributed by atoms with van der Waals surface area (Å²) in [4.78, 5) is 16.5. The van der Waals surface area contributed by atoms with Crippen molar-refractivity contribution in [3.63, 3.8) is 0 Å². The Hall–Kier alpha value is -2.83. The molecule has 2 rings (SSSR count). The Morgan fingerprint density at radius 2 is 1.93 bits per heavy atom. The summed E-state index contributed by atoms with van der Waals surface area (Å²) in [6.07, 6.45) is -1.90. The third-order valence-electron chi connectivity index (χ3n) is 3.92. The van der Waals surface area contributed by atoms with Crippen LogP contribution in [-0.4, -0.2) is 23.8 Å². The van der Waals surface area contributed by atoms with Gasteiger partial charge in [0.05, 0.1) is 5.56 Å². The average molecular weight is 379 g/mol. The molecule has 0 aliphatic rings. The van der Waals surface area contributed by atoms with Crippen LogP contribution in [0.15, 0.2) is 41.4 Å². The minimum absolute atomic E-state index is 0.164. The highest BCUT2D eigenvalue weighted by Crippen LogP contribution is 2.38. The van der Waals surface area contributed by atoms with Gasteiger partial charge in [0.2, 0.25) is 0 Å². The molecule has 0 aliphatic carbocycles. The van der Waals surface area contributed by atoms with Gasteiger partial charge in [-0.1, -0.05) is 31.5 Å². The summed E-state index contributed by atoms with van der Waals surface area (Å²) < 4.78 is 45.3. The molecule has 0 saturated carbocycles. The fourth-order valence-corrected chi connectivity index (χ4v) is 2.49. The van der Waals surface area contributed by atoms with Gasteiger partial charge in [-0.2, -0.15) is 13.2 Å². The number of para-hydroxylation sites is 1. The number of hydrogen-bond acceptors (Lipinski definition) is 4. The molecule has 0 fully saturated rings. The number of benzene rings is 2. The number of aliphatic imine (C=N–C) groups is 1. The van der Waals surface area contributed by atoms with Crippen LogP contribution >= 0.6 is 0 Å². The van der Waals surface area contributed by atoms with Gasteiger partial charge in [0.25, 0.3) is 0 Å². The van der Waals surface area contributed by atoms with Crippen LogP contribution in [0.25, 0.3) is 0 Å². The zero-order valence-corrected chi connectivity index (χ0v) is 15.0. The molecular weight excluding hydrogens is 359 g/mol. The maximum atomic E-state index is 13.4. The highest BCUT2D eigenvalue weighted by atomic mass is 19.4. The fourth-order valence-electron chi connectivity index (χ4n) is 2.49. The second kappa shape index (κ2) is 8.70. The van der Waals surface area contributed by atoms with Crippen molar-refractivity contribution in [3.05, 3.63) is 58.7 Å². The molecule has 2 aromatic rings. The van der Waals surface area contributed by atoms with Crippen molar-refractivity contribution in [1.29, 1.82) is 0 Å². The Bertz CT molecular complexity index is 831. The number of ether oxygens (including phenoxy) is 1. The van der Waals surface area contributed by atoms with Gasteiger partial charge in [-0.15, -0.1) is 0 Å². The highest BCUT2D eigenvalue weighted by Gasteiger charge is 2.36. The number of hydrogen-bond donors (Lipinski definition) is 1. The average Bonchev–Trinajstić information content (AvgIpc) is 2.60. The van der Waals surface area contributed by atoms with E-state index in [2.05, 4.69) is 4.99 Å². The summed E-state index contributed by atoms with van der Waals surface area (Å²) in [6.45, 7) is 3.50. The Kier molecular flexibility index (Phi) is 6.60. The van der Waals surface area contributed by atoms with Gasteiger partial charge in [-0.25, -0.2) is 4.79 Å².